The topological polar surface area (TPSA) is 84.1 Å². The molecule has 0 saturated carbocycles. The molecule has 0 aliphatic rings. The summed E-state index contributed by atoms with van der Waals surface area (Å²) < 4.78 is 0.941. The van der Waals surface area contributed by atoms with E-state index >= 15 is 0 Å². The highest BCUT2D eigenvalue weighted by molar-refractivity contribution is 5.23. The van der Waals surface area contributed by atoms with Crippen LogP contribution in [0, 0.1) is 0 Å². The van der Waals surface area contributed by atoms with Gasteiger partial charge in [-0.2, -0.15) is 4.68 Å². The van der Waals surface area contributed by atoms with Gasteiger partial charge in [0.05, 0.1) is 0 Å². The van der Waals surface area contributed by atoms with Crippen molar-refractivity contribution in [1.82, 2.24) is 9.66 Å². The Morgan fingerprint density at radius 1 is 1.50 bits per heavy atom. The lowest BCUT2D eigenvalue weighted by molar-refractivity contribution is 0.654. The molecule has 0 atom stereocenters. The summed E-state index contributed by atoms with van der Waals surface area (Å²) in [7, 11) is 3.18. The number of nitrogens with zero attached hydrogens (tertiary/aromatic N) is 2. The first-order chi connectivity index (χ1) is 5.52. The second-order valence-corrected chi connectivity index (χ2v) is 2.53. The van der Waals surface area contributed by atoms with Gasteiger partial charge in [0, 0.05) is 20.2 Å². The molecule has 0 bridgehead atoms. The fourth-order valence-electron chi connectivity index (χ4n) is 0.886. The fraction of sp³-hybridized carbons (Fsp3) is 0.333. The monoisotopic (exact) mass is 170 g/mol. The molecule has 12 heavy (non-hydrogen) atoms. The van der Waals surface area contributed by atoms with Crippen LogP contribution in [0.3, 0.4) is 0 Å². The molecule has 0 aliphatic heterocycles. The molecule has 0 saturated heterocycles. The Balaban J connectivity index is 3.50. The van der Waals surface area contributed by atoms with E-state index in [1.807, 2.05) is 0 Å². The molecule has 66 valence electrons. The summed E-state index contributed by atoms with van der Waals surface area (Å²) in [5.74, 6) is 0.0723. The lowest BCUT2D eigenvalue weighted by Gasteiger charge is -2.13. The Kier molecular flexibility index (Phi) is 1.90. The predicted molar refractivity (Wildman–Crippen MR) is 45.8 cm³/mol. The number of aromatic nitrogens is 2. The van der Waals surface area contributed by atoms with Gasteiger partial charge in [0.1, 0.15) is 5.82 Å². The Morgan fingerprint density at radius 2 is 2.08 bits per heavy atom. The number of H-pyrrole nitrogens is 1. The van der Waals surface area contributed by atoms with Gasteiger partial charge in [-0.1, -0.05) is 0 Å². The van der Waals surface area contributed by atoms with Crippen molar-refractivity contribution in [1.29, 1.82) is 0 Å². The Hall–Kier alpha value is -1.72. The third-order valence-corrected chi connectivity index (χ3v) is 1.33. The maximum atomic E-state index is 11.1. The van der Waals surface area contributed by atoms with Gasteiger partial charge in [0.2, 0.25) is 0 Å². The van der Waals surface area contributed by atoms with Crippen molar-refractivity contribution < 1.29 is 0 Å². The van der Waals surface area contributed by atoms with Gasteiger partial charge in [-0.3, -0.25) is 9.78 Å². The number of hydrogen-bond acceptors (Lipinski definition) is 4. The van der Waals surface area contributed by atoms with Gasteiger partial charge < -0.3 is 10.7 Å². The van der Waals surface area contributed by atoms with E-state index in [1.165, 1.54) is 5.01 Å². The summed E-state index contributed by atoms with van der Waals surface area (Å²) in [6, 6.07) is 1.15. The molecule has 0 radical (unpaired) electrons. The van der Waals surface area contributed by atoms with Crippen LogP contribution in [0.25, 0.3) is 0 Å². The lowest BCUT2D eigenvalue weighted by atomic mass is 10.6. The van der Waals surface area contributed by atoms with Crippen molar-refractivity contribution in [3.8, 4) is 0 Å². The maximum absolute atomic E-state index is 11.1. The highest BCUT2D eigenvalue weighted by atomic mass is 16.2. The normalized spacial score (nSPS) is 9.83. The second-order valence-electron chi connectivity index (χ2n) is 2.53. The second kappa shape index (κ2) is 2.72. The average Bonchev–Trinajstić information content (AvgIpc) is 1.82. The Bertz CT molecular complexity index is 358. The van der Waals surface area contributed by atoms with Crippen LogP contribution in [0.5, 0.6) is 0 Å². The number of aromatic amines is 1. The fourth-order valence-corrected chi connectivity index (χ4v) is 0.886. The number of rotatable bonds is 1. The van der Waals surface area contributed by atoms with Crippen LogP contribution in [-0.4, -0.2) is 23.8 Å². The zero-order valence-corrected chi connectivity index (χ0v) is 6.87. The van der Waals surface area contributed by atoms with Gasteiger partial charge in [-0.25, -0.2) is 4.79 Å². The van der Waals surface area contributed by atoms with E-state index in [4.69, 9.17) is 5.73 Å². The van der Waals surface area contributed by atoms with E-state index in [2.05, 4.69) is 4.98 Å². The third-order valence-electron chi connectivity index (χ3n) is 1.33. The van der Waals surface area contributed by atoms with Gasteiger partial charge in [-0.05, 0) is 0 Å². The zero-order valence-electron chi connectivity index (χ0n) is 6.87. The standard InChI is InChI=1S/C6H10N4O2/c1-9(2)10-5(11)3-4(7)8-6(10)12/h3H,7H2,1-2H3,(H,8,12). The Labute approximate surface area is 68.2 Å². The summed E-state index contributed by atoms with van der Waals surface area (Å²) in [4.78, 5) is 24.5. The largest absolute Gasteiger partial charge is 0.385 e. The first-order valence-corrected chi connectivity index (χ1v) is 3.32. The number of hydrogen-bond donors (Lipinski definition) is 2. The molecule has 3 N–H and O–H groups in total. The molecular weight excluding hydrogens is 160 g/mol. The van der Waals surface area contributed by atoms with E-state index in [9.17, 15) is 9.59 Å². The highest BCUT2D eigenvalue weighted by Gasteiger charge is 2.02. The van der Waals surface area contributed by atoms with Gasteiger partial charge in [0.25, 0.3) is 5.56 Å². The van der Waals surface area contributed by atoms with Crippen LogP contribution >= 0.6 is 0 Å². The summed E-state index contributed by atoms with van der Waals surface area (Å²) in [6.07, 6.45) is 0. The molecule has 0 fully saturated rings. The Morgan fingerprint density at radius 3 is 2.50 bits per heavy atom. The van der Waals surface area contributed by atoms with Crippen LogP contribution in [0.1, 0.15) is 0 Å². The number of nitrogens with two attached hydrogens (primary N) is 1. The van der Waals surface area contributed by atoms with Crippen molar-refractivity contribution in [2.45, 2.75) is 0 Å². The van der Waals surface area contributed by atoms with Gasteiger partial charge >= 0.3 is 5.69 Å². The summed E-state index contributed by atoms with van der Waals surface area (Å²) in [5, 5.41) is 1.38. The van der Waals surface area contributed by atoms with E-state index in [-0.39, 0.29) is 5.82 Å². The minimum absolute atomic E-state index is 0.0723. The SMILES string of the molecule is CN(C)n1c(=O)cc(N)[nH]c1=O. The van der Waals surface area contributed by atoms with Crippen molar-refractivity contribution in [3.63, 3.8) is 0 Å². The molecule has 1 rings (SSSR count). The molecule has 1 heterocycles. The third kappa shape index (κ3) is 1.31. The van der Waals surface area contributed by atoms with Gasteiger partial charge in [0.15, 0.2) is 0 Å². The maximum Gasteiger partial charge on any atom is 0.349 e. The average molecular weight is 170 g/mol. The molecule has 0 spiro atoms. The minimum atomic E-state index is -0.537. The lowest BCUT2D eigenvalue weighted by Crippen LogP contribution is -2.46. The van der Waals surface area contributed by atoms with Crippen LogP contribution < -0.4 is 22.0 Å². The van der Waals surface area contributed by atoms with Crippen LogP contribution in [-0.2, 0) is 0 Å². The van der Waals surface area contributed by atoms with Crippen molar-refractivity contribution in [2.75, 3.05) is 24.8 Å². The molecule has 1 aromatic rings. The highest BCUT2D eigenvalue weighted by Crippen LogP contribution is 1.81. The summed E-state index contributed by atoms with van der Waals surface area (Å²) >= 11 is 0. The van der Waals surface area contributed by atoms with Crippen LogP contribution in [0.4, 0.5) is 5.82 Å². The van der Waals surface area contributed by atoms with Gasteiger partial charge in [-0.15, -0.1) is 0 Å². The predicted octanol–water partition coefficient (Wildman–Crippen LogP) is -1.68. The zero-order chi connectivity index (χ0) is 9.30. The molecule has 6 nitrogen and oxygen atoms in total. The number of nitrogen functional groups attached to an aromatic ring is 1. The first-order valence-electron chi connectivity index (χ1n) is 3.32. The molecule has 0 aromatic carbocycles. The van der Waals surface area contributed by atoms with E-state index in [1.54, 1.807) is 14.1 Å². The molecule has 0 aliphatic carbocycles. The number of nitrogens with one attached hydrogen (secondary N) is 1. The number of anilines is 1. The molecule has 0 amide bonds. The smallest absolute Gasteiger partial charge is 0.349 e. The quantitative estimate of drug-likeness (QED) is 0.527. The molecule has 0 unspecified atom stereocenters. The van der Waals surface area contributed by atoms with Crippen molar-refractivity contribution in [3.05, 3.63) is 26.9 Å². The van der Waals surface area contributed by atoms with E-state index in [0.717, 1.165) is 10.7 Å². The van der Waals surface area contributed by atoms with Crippen molar-refractivity contribution >= 4 is 5.82 Å². The summed E-state index contributed by atoms with van der Waals surface area (Å²) in [6.45, 7) is 0. The minimum Gasteiger partial charge on any atom is -0.385 e. The van der Waals surface area contributed by atoms with Crippen LogP contribution in [0.2, 0.25) is 0 Å². The first kappa shape index (κ1) is 8.38. The van der Waals surface area contributed by atoms with Crippen LogP contribution in [0.15, 0.2) is 15.7 Å². The van der Waals surface area contributed by atoms with E-state index in [0.29, 0.717) is 0 Å². The summed E-state index contributed by atoms with van der Waals surface area (Å²) in [5.41, 5.74) is 4.26. The van der Waals surface area contributed by atoms with E-state index < -0.39 is 11.2 Å². The molecular formula is C6H10N4O2. The molecule has 1 aromatic heterocycles. The van der Waals surface area contributed by atoms with Crippen molar-refractivity contribution in [2.24, 2.45) is 0 Å². The molecule has 6 heteroatoms.